The molecule has 16 heavy (non-hydrogen) atoms. The Morgan fingerprint density at radius 3 is 2.75 bits per heavy atom. The predicted octanol–water partition coefficient (Wildman–Crippen LogP) is 1.75. The third-order valence-corrected chi connectivity index (χ3v) is 2.69. The van der Waals surface area contributed by atoms with Crippen LogP contribution in [0.3, 0.4) is 0 Å². The first-order valence-electron chi connectivity index (χ1n) is 5.08. The summed E-state index contributed by atoms with van der Waals surface area (Å²) in [4.78, 5) is 11.4. The first kappa shape index (κ1) is 12.7. The van der Waals surface area contributed by atoms with E-state index in [1.165, 1.54) is 12.1 Å². The summed E-state index contributed by atoms with van der Waals surface area (Å²) in [5.41, 5.74) is 0. The van der Waals surface area contributed by atoms with Crippen LogP contribution >= 0.6 is 0 Å². The normalized spacial score (nSPS) is 10.4. The minimum atomic E-state index is -2.64. The second kappa shape index (κ2) is 6.27. The Labute approximate surface area is 96.2 Å². The molecule has 0 fully saturated rings. The lowest BCUT2D eigenvalue weighted by Crippen LogP contribution is -2.07. The van der Waals surface area contributed by atoms with Crippen molar-refractivity contribution in [3.8, 4) is 5.75 Å². The van der Waals surface area contributed by atoms with Crippen LogP contribution in [0.4, 0.5) is 0 Å². The summed E-state index contributed by atoms with van der Waals surface area (Å²) < 4.78 is 26.4. The Bertz CT molecular complexity index is 429. The number of thiol groups is 1. The Hall–Kier alpha value is -1.36. The number of carbonyl (C=O) groups excluding carboxylic acids is 1. The highest BCUT2D eigenvalue weighted by atomic mass is 32.2. The Morgan fingerprint density at radius 1 is 1.38 bits per heavy atom. The number of rotatable bonds is 5. The molecule has 5 heteroatoms. The maximum Gasteiger partial charge on any atom is 0.311 e. The second-order valence-electron chi connectivity index (χ2n) is 3.33. The first-order valence-corrected chi connectivity index (χ1v) is 6.26. The van der Waals surface area contributed by atoms with Crippen LogP contribution in [0.2, 0.25) is 0 Å². The molecule has 0 aliphatic carbocycles. The third kappa shape index (κ3) is 4.02. The zero-order valence-electron chi connectivity index (χ0n) is 9.01. The summed E-state index contributed by atoms with van der Waals surface area (Å²) in [7, 11) is -2.64. The zero-order valence-corrected chi connectivity index (χ0v) is 9.91. The van der Waals surface area contributed by atoms with Gasteiger partial charge >= 0.3 is 5.97 Å². The molecule has 0 heterocycles. The monoisotopic (exact) mass is 242 g/mol. The van der Waals surface area contributed by atoms with E-state index in [-0.39, 0.29) is 16.6 Å². The number of esters is 1. The van der Waals surface area contributed by atoms with Gasteiger partial charge in [-0.1, -0.05) is 19.4 Å². The maximum atomic E-state index is 11.3. The molecule has 0 bridgehead atoms. The fourth-order valence-corrected chi connectivity index (χ4v) is 1.60. The van der Waals surface area contributed by atoms with Crippen molar-refractivity contribution >= 4 is 16.7 Å². The van der Waals surface area contributed by atoms with E-state index in [0.717, 1.165) is 12.8 Å². The maximum absolute atomic E-state index is 11.3. The summed E-state index contributed by atoms with van der Waals surface area (Å²) >= 11 is 0. The summed E-state index contributed by atoms with van der Waals surface area (Å²) in [5, 5.41) is 0. The van der Waals surface area contributed by atoms with Gasteiger partial charge in [-0.2, -0.15) is 0 Å². The minimum Gasteiger partial charge on any atom is -0.426 e. The number of hydrogen-bond acceptors (Lipinski definition) is 4. The largest absolute Gasteiger partial charge is 0.426 e. The molecule has 0 aliphatic rings. The fourth-order valence-electron chi connectivity index (χ4n) is 1.16. The lowest BCUT2D eigenvalue weighted by atomic mass is 10.2. The van der Waals surface area contributed by atoms with Crippen molar-refractivity contribution in [1.82, 2.24) is 0 Å². The van der Waals surface area contributed by atoms with Gasteiger partial charge in [-0.15, -0.1) is 0 Å². The molecule has 0 radical (unpaired) electrons. The smallest absolute Gasteiger partial charge is 0.311 e. The lowest BCUT2D eigenvalue weighted by Gasteiger charge is -2.03. The van der Waals surface area contributed by atoms with Crippen molar-refractivity contribution in [3.63, 3.8) is 0 Å². The summed E-state index contributed by atoms with van der Waals surface area (Å²) in [5.74, 6) is -0.0575. The average molecular weight is 242 g/mol. The summed E-state index contributed by atoms with van der Waals surface area (Å²) in [6, 6.07) is 5.90. The third-order valence-electron chi connectivity index (χ3n) is 1.99. The summed E-state index contributed by atoms with van der Waals surface area (Å²) in [6.07, 6.45) is 2.04. The molecule has 0 saturated heterocycles. The number of carbonyl (C=O) groups is 1. The molecule has 1 aromatic rings. The topological polar surface area (TPSA) is 60.4 Å². The number of hydrogen-bond donors (Lipinski definition) is 1. The molecule has 1 rings (SSSR count). The van der Waals surface area contributed by atoms with Gasteiger partial charge in [-0.05, 0) is 24.6 Å². The van der Waals surface area contributed by atoms with Crippen LogP contribution in [0.15, 0.2) is 29.2 Å². The van der Waals surface area contributed by atoms with E-state index in [2.05, 4.69) is 0 Å². The van der Waals surface area contributed by atoms with E-state index in [1.807, 2.05) is 6.92 Å². The Kier molecular flexibility index (Phi) is 4.98. The molecule has 0 unspecified atom stereocenters. The van der Waals surface area contributed by atoms with Gasteiger partial charge in [0.05, 0.1) is 4.90 Å². The van der Waals surface area contributed by atoms with Crippen LogP contribution in [-0.4, -0.2) is 14.4 Å². The highest BCUT2D eigenvalue weighted by Gasteiger charge is 2.05. The average Bonchev–Trinajstić information content (AvgIpc) is 2.26. The number of unbranched alkanes of at least 4 members (excludes halogenated alkanes) is 1. The number of benzene rings is 1. The van der Waals surface area contributed by atoms with E-state index in [9.17, 15) is 13.2 Å². The molecular weight excluding hydrogens is 228 g/mol. The highest BCUT2D eigenvalue weighted by molar-refractivity contribution is 7.72. The zero-order chi connectivity index (χ0) is 12.0. The van der Waals surface area contributed by atoms with Crippen LogP contribution in [0.5, 0.6) is 5.75 Å². The van der Waals surface area contributed by atoms with Crippen LogP contribution in [0.1, 0.15) is 26.2 Å². The fraction of sp³-hybridized carbons (Fsp3) is 0.364. The van der Waals surface area contributed by atoms with Crippen LogP contribution in [-0.2, 0) is 15.5 Å². The van der Waals surface area contributed by atoms with Gasteiger partial charge in [0, 0.05) is 6.42 Å². The quantitative estimate of drug-likeness (QED) is 0.485. The summed E-state index contributed by atoms with van der Waals surface area (Å²) in [6.45, 7) is 1.98. The van der Waals surface area contributed by atoms with Crippen LogP contribution in [0.25, 0.3) is 0 Å². The van der Waals surface area contributed by atoms with Gasteiger partial charge < -0.3 is 4.74 Å². The van der Waals surface area contributed by atoms with Crippen molar-refractivity contribution in [1.29, 1.82) is 0 Å². The van der Waals surface area contributed by atoms with Crippen molar-refractivity contribution in [2.75, 3.05) is 0 Å². The van der Waals surface area contributed by atoms with Crippen LogP contribution in [0, 0.1) is 0 Å². The SMILES string of the molecule is CCCCC(=O)Oc1cccc([SH](=O)=O)c1. The van der Waals surface area contributed by atoms with E-state index >= 15 is 0 Å². The van der Waals surface area contributed by atoms with E-state index < -0.39 is 10.7 Å². The van der Waals surface area contributed by atoms with Crippen molar-refractivity contribution in [3.05, 3.63) is 24.3 Å². The minimum absolute atomic E-state index is 0.149. The first-order chi connectivity index (χ1) is 7.63. The molecule has 0 aliphatic heterocycles. The lowest BCUT2D eigenvalue weighted by molar-refractivity contribution is -0.134. The molecule has 0 aromatic heterocycles. The van der Waals surface area contributed by atoms with Crippen molar-refractivity contribution in [2.45, 2.75) is 31.1 Å². The van der Waals surface area contributed by atoms with E-state index in [0.29, 0.717) is 6.42 Å². The molecule has 4 nitrogen and oxygen atoms in total. The van der Waals surface area contributed by atoms with E-state index in [4.69, 9.17) is 4.74 Å². The van der Waals surface area contributed by atoms with E-state index in [1.54, 1.807) is 12.1 Å². The molecule has 0 saturated carbocycles. The molecule has 1 aromatic carbocycles. The molecule has 0 N–H and O–H groups in total. The van der Waals surface area contributed by atoms with Crippen molar-refractivity contribution < 1.29 is 17.9 Å². The van der Waals surface area contributed by atoms with Gasteiger partial charge in [0.25, 0.3) is 0 Å². The Morgan fingerprint density at radius 2 is 2.12 bits per heavy atom. The molecule has 0 amide bonds. The van der Waals surface area contributed by atoms with Gasteiger partial charge in [-0.3, -0.25) is 4.79 Å². The number of ether oxygens (including phenoxy) is 1. The van der Waals surface area contributed by atoms with Gasteiger partial charge in [0.15, 0.2) is 10.7 Å². The molecule has 88 valence electrons. The standard InChI is InChI=1S/C11H14O4S/c1-2-3-7-11(12)15-9-5-4-6-10(8-9)16(13)14/h4-6,8,16H,2-3,7H2,1H3. The molecular formula is C11H14O4S. The predicted molar refractivity (Wildman–Crippen MR) is 60.2 cm³/mol. The second-order valence-corrected chi connectivity index (χ2v) is 4.36. The molecule has 0 spiro atoms. The van der Waals surface area contributed by atoms with Gasteiger partial charge in [0.1, 0.15) is 5.75 Å². The van der Waals surface area contributed by atoms with Gasteiger partial charge in [0.2, 0.25) is 0 Å². The van der Waals surface area contributed by atoms with Crippen LogP contribution < -0.4 is 4.74 Å². The highest BCUT2D eigenvalue weighted by Crippen LogP contribution is 2.15. The Balaban J connectivity index is 2.67. The van der Waals surface area contributed by atoms with Gasteiger partial charge in [-0.25, -0.2) is 8.42 Å². The molecule has 0 atom stereocenters. The van der Waals surface area contributed by atoms with Crippen molar-refractivity contribution in [2.24, 2.45) is 0 Å².